The average Bonchev–Trinajstić information content (AvgIpc) is 2.09. The zero-order valence-electron chi connectivity index (χ0n) is 7.62. The Balaban J connectivity index is 2.69. The van der Waals surface area contributed by atoms with Gasteiger partial charge in [-0.2, -0.15) is 0 Å². The summed E-state index contributed by atoms with van der Waals surface area (Å²) in [4.78, 5) is 4.21. The fraction of sp³-hybridized carbons (Fsp3) is 0.500. The molecule has 0 saturated heterocycles. The van der Waals surface area contributed by atoms with Crippen molar-refractivity contribution in [2.45, 2.75) is 32.8 Å². The van der Waals surface area contributed by atoms with Crippen molar-refractivity contribution in [1.82, 2.24) is 4.98 Å². The first-order chi connectivity index (χ1) is 5.74. The molecule has 1 heterocycles. The zero-order chi connectivity index (χ0) is 8.97. The lowest BCUT2D eigenvalue weighted by molar-refractivity contribution is 0.169. The molecule has 0 aliphatic heterocycles. The number of aromatic nitrogens is 1. The van der Waals surface area contributed by atoms with E-state index in [9.17, 15) is 5.11 Å². The van der Waals surface area contributed by atoms with Crippen molar-refractivity contribution < 1.29 is 5.11 Å². The maximum absolute atomic E-state index is 9.40. The van der Waals surface area contributed by atoms with Crippen molar-refractivity contribution in [3.05, 3.63) is 29.6 Å². The average molecular weight is 165 g/mol. The summed E-state index contributed by atoms with van der Waals surface area (Å²) in [7, 11) is 0. The van der Waals surface area contributed by atoms with Crippen LogP contribution in [0.25, 0.3) is 0 Å². The van der Waals surface area contributed by atoms with Gasteiger partial charge in [0, 0.05) is 18.3 Å². The van der Waals surface area contributed by atoms with Crippen LogP contribution in [0.2, 0.25) is 0 Å². The van der Waals surface area contributed by atoms with Crippen molar-refractivity contribution in [3.8, 4) is 0 Å². The minimum absolute atomic E-state index is 0.251. The van der Waals surface area contributed by atoms with Gasteiger partial charge in [-0.15, -0.1) is 0 Å². The first-order valence-corrected chi connectivity index (χ1v) is 4.32. The van der Waals surface area contributed by atoms with E-state index in [2.05, 4.69) is 4.98 Å². The summed E-state index contributed by atoms with van der Waals surface area (Å²) >= 11 is 0. The van der Waals surface area contributed by atoms with E-state index in [1.807, 2.05) is 26.0 Å². The van der Waals surface area contributed by atoms with Gasteiger partial charge in [0.1, 0.15) is 0 Å². The SMILES string of the molecule is CCC(O)Cc1ncccc1C. The van der Waals surface area contributed by atoms with Gasteiger partial charge in [0.2, 0.25) is 0 Å². The second kappa shape index (κ2) is 4.21. The Morgan fingerprint density at radius 1 is 1.58 bits per heavy atom. The Bertz CT molecular complexity index is 247. The summed E-state index contributed by atoms with van der Waals surface area (Å²) in [6.07, 6.45) is 2.97. The van der Waals surface area contributed by atoms with E-state index in [-0.39, 0.29) is 6.10 Å². The molecule has 0 aliphatic rings. The summed E-state index contributed by atoms with van der Waals surface area (Å²) in [6.45, 7) is 3.99. The molecule has 1 aromatic rings. The van der Waals surface area contributed by atoms with Crippen molar-refractivity contribution >= 4 is 0 Å². The molecule has 2 nitrogen and oxygen atoms in total. The summed E-state index contributed by atoms with van der Waals surface area (Å²) in [5.41, 5.74) is 2.16. The van der Waals surface area contributed by atoms with Gasteiger partial charge in [0.15, 0.2) is 0 Å². The van der Waals surface area contributed by atoms with E-state index in [0.717, 1.165) is 17.7 Å². The first kappa shape index (κ1) is 9.20. The third-order valence-corrected chi connectivity index (χ3v) is 2.02. The van der Waals surface area contributed by atoms with Gasteiger partial charge in [0.25, 0.3) is 0 Å². The molecule has 12 heavy (non-hydrogen) atoms. The Morgan fingerprint density at radius 2 is 2.33 bits per heavy atom. The van der Waals surface area contributed by atoms with Gasteiger partial charge in [-0.25, -0.2) is 0 Å². The highest BCUT2D eigenvalue weighted by Crippen LogP contribution is 2.07. The number of aryl methyl sites for hydroxylation is 1. The standard InChI is InChI=1S/C10H15NO/c1-3-9(12)7-10-8(2)5-4-6-11-10/h4-6,9,12H,3,7H2,1-2H3. The number of hydrogen-bond donors (Lipinski definition) is 1. The van der Waals surface area contributed by atoms with E-state index < -0.39 is 0 Å². The zero-order valence-corrected chi connectivity index (χ0v) is 7.62. The highest BCUT2D eigenvalue weighted by atomic mass is 16.3. The quantitative estimate of drug-likeness (QED) is 0.739. The molecule has 1 aromatic heterocycles. The predicted octanol–water partition coefficient (Wildman–Crippen LogP) is 1.70. The van der Waals surface area contributed by atoms with Crippen LogP contribution in [0.1, 0.15) is 24.6 Å². The summed E-state index contributed by atoms with van der Waals surface area (Å²) < 4.78 is 0. The van der Waals surface area contributed by atoms with Crippen LogP contribution in [0, 0.1) is 6.92 Å². The molecular formula is C10H15NO. The topological polar surface area (TPSA) is 33.1 Å². The molecule has 0 radical (unpaired) electrons. The molecule has 0 spiro atoms. The molecule has 1 N–H and O–H groups in total. The maximum Gasteiger partial charge on any atom is 0.0593 e. The number of hydrogen-bond acceptors (Lipinski definition) is 2. The largest absolute Gasteiger partial charge is 0.393 e. The fourth-order valence-electron chi connectivity index (χ4n) is 1.10. The van der Waals surface area contributed by atoms with Gasteiger partial charge in [-0.3, -0.25) is 4.98 Å². The minimum atomic E-state index is -0.251. The van der Waals surface area contributed by atoms with Crippen LogP contribution in [-0.4, -0.2) is 16.2 Å². The van der Waals surface area contributed by atoms with Crippen molar-refractivity contribution in [1.29, 1.82) is 0 Å². The van der Waals surface area contributed by atoms with Crippen LogP contribution in [0.4, 0.5) is 0 Å². The van der Waals surface area contributed by atoms with Gasteiger partial charge in [-0.1, -0.05) is 13.0 Å². The van der Waals surface area contributed by atoms with E-state index in [4.69, 9.17) is 0 Å². The first-order valence-electron chi connectivity index (χ1n) is 4.32. The van der Waals surface area contributed by atoms with Gasteiger partial charge < -0.3 is 5.11 Å². The third kappa shape index (κ3) is 2.31. The lowest BCUT2D eigenvalue weighted by Crippen LogP contribution is -2.10. The van der Waals surface area contributed by atoms with E-state index in [1.54, 1.807) is 6.20 Å². The van der Waals surface area contributed by atoms with Crippen LogP contribution in [0.15, 0.2) is 18.3 Å². The molecule has 1 atom stereocenters. The fourth-order valence-corrected chi connectivity index (χ4v) is 1.10. The molecule has 1 rings (SSSR count). The van der Waals surface area contributed by atoms with Crippen molar-refractivity contribution in [2.75, 3.05) is 0 Å². The molecule has 0 amide bonds. The normalized spacial score (nSPS) is 12.9. The predicted molar refractivity (Wildman–Crippen MR) is 49.0 cm³/mol. The van der Waals surface area contributed by atoms with E-state index >= 15 is 0 Å². The van der Waals surface area contributed by atoms with Gasteiger partial charge >= 0.3 is 0 Å². The second-order valence-corrected chi connectivity index (χ2v) is 3.03. The molecule has 66 valence electrons. The molecule has 0 saturated carbocycles. The summed E-state index contributed by atoms with van der Waals surface area (Å²) in [5, 5.41) is 9.40. The lowest BCUT2D eigenvalue weighted by Gasteiger charge is -2.08. The number of rotatable bonds is 3. The highest BCUT2D eigenvalue weighted by Gasteiger charge is 2.05. The van der Waals surface area contributed by atoms with Crippen LogP contribution in [0.5, 0.6) is 0 Å². The van der Waals surface area contributed by atoms with E-state index in [1.165, 1.54) is 0 Å². The van der Waals surface area contributed by atoms with Crippen LogP contribution >= 0.6 is 0 Å². The summed E-state index contributed by atoms with van der Waals surface area (Å²) in [5.74, 6) is 0. The number of nitrogens with zero attached hydrogens (tertiary/aromatic N) is 1. The van der Waals surface area contributed by atoms with Crippen LogP contribution in [0.3, 0.4) is 0 Å². The Kier molecular flexibility index (Phi) is 3.23. The smallest absolute Gasteiger partial charge is 0.0593 e. The molecular weight excluding hydrogens is 150 g/mol. The monoisotopic (exact) mass is 165 g/mol. The Labute approximate surface area is 73.3 Å². The van der Waals surface area contributed by atoms with Crippen LogP contribution in [-0.2, 0) is 6.42 Å². The number of pyridine rings is 1. The van der Waals surface area contributed by atoms with Gasteiger partial charge in [0.05, 0.1) is 6.10 Å². The molecule has 1 unspecified atom stereocenters. The van der Waals surface area contributed by atoms with Crippen molar-refractivity contribution in [2.24, 2.45) is 0 Å². The molecule has 2 heteroatoms. The molecule has 0 fully saturated rings. The minimum Gasteiger partial charge on any atom is -0.393 e. The van der Waals surface area contributed by atoms with Crippen LogP contribution < -0.4 is 0 Å². The molecule has 0 aromatic carbocycles. The molecule has 0 bridgehead atoms. The van der Waals surface area contributed by atoms with E-state index in [0.29, 0.717) is 6.42 Å². The highest BCUT2D eigenvalue weighted by molar-refractivity contribution is 5.18. The van der Waals surface area contributed by atoms with Gasteiger partial charge in [-0.05, 0) is 25.0 Å². The third-order valence-electron chi connectivity index (χ3n) is 2.02. The molecule has 0 aliphatic carbocycles. The second-order valence-electron chi connectivity index (χ2n) is 3.03. The number of aliphatic hydroxyl groups excluding tert-OH is 1. The maximum atomic E-state index is 9.40. The van der Waals surface area contributed by atoms with Crippen molar-refractivity contribution in [3.63, 3.8) is 0 Å². The Morgan fingerprint density at radius 3 is 2.92 bits per heavy atom. The lowest BCUT2D eigenvalue weighted by atomic mass is 10.1. The summed E-state index contributed by atoms with van der Waals surface area (Å²) in [6, 6.07) is 3.93. The Hall–Kier alpha value is -0.890. The number of aliphatic hydroxyl groups is 1.